The van der Waals surface area contributed by atoms with E-state index in [9.17, 15) is 9.59 Å². The van der Waals surface area contributed by atoms with Crippen molar-refractivity contribution in [1.82, 2.24) is 0 Å². The summed E-state index contributed by atoms with van der Waals surface area (Å²) in [6.45, 7) is 4.67. The van der Waals surface area contributed by atoms with E-state index in [2.05, 4.69) is 33.5 Å². The first-order valence-electron chi connectivity index (χ1n) is 9.27. The smallest absolute Gasteiger partial charge is 0.255 e. The molecule has 28 heavy (non-hydrogen) atoms. The van der Waals surface area contributed by atoms with Gasteiger partial charge >= 0.3 is 0 Å². The minimum Gasteiger partial charge on any atom is -0.492 e. The standard InChI is InChI=1S/C21H24BrClN2O3/c1-3-5-11-28-19-10-7-14(12-16(19)22)21(27)25-18-13-15(8-9-17(18)23)24-20(26)6-4-2/h7-10,12-13H,3-6,11H2,1-2H3,(H,24,26)(H,25,27). The second kappa shape index (κ2) is 11.1. The van der Waals surface area contributed by atoms with Crippen LogP contribution in [0.5, 0.6) is 5.75 Å². The maximum Gasteiger partial charge on any atom is 0.255 e. The van der Waals surface area contributed by atoms with Crippen LogP contribution in [-0.4, -0.2) is 18.4 Å². The van der Waals surface area contributed by atoms with Gasteiger partial charge in [-0.05, 0) is 65.2 Å². The van der Waals surface area contributed by atoms with Gasteiger partial charge in [0, 0.05) is 17.7 Å². The van der Waals surface area contributed by atoms with Gasteiger partial charge in [0.15, 0.2) is 0 Å². The Labute approximate surface area is 178 Å². The molecule has 2 amide bonds. The summed E-state index contributed by atoms with van der Waals surface area (Å²) in [5, 5.41) is 5.97. The average Bonchev–Trinajstić information content (AvgIpc) is 2.66. The highest BCUT2D eigenvalue weighted by atomic mass is 79.9. The van der Waals surface area contributed by atoms with E-state index < -0.39 is 0 Å². The predicted octanol–water partition coefficient (Wildman–Crippen LogP) is 6.27. The van der Waals surface area contributed by atoms with Crippen LogP contribution in [-0.2, 0) is 4.79 Å². The number of anilines is 2. The largest absolute Gasteiger partial charge is 0.492 e. The van der Waals surface area contributed by atoms with Crippen LogP contribution in [0.25, 0.3) is 0 Å². The van der Waals surface area contributed by atoms with Crippen LogP contribution in [0.1, 0.15) is 49.9 Å². The van der Waals surface area contributed by atoms with Crippen LogP contribution in [0.15, 0.2) is 40.9 Å². The van der Waals surface area contributed by atoms with Crippen molar-refractivity contribution in [2.45, 2.75) is 39.5 Å². The van der Waals surface area contributed by atoms with Crippen molar-refractivity contribution >= 4 is 50.7 Å². The van der Waals surface area contributed by atoms with E-state index in [1.54, 1.807) is 36.4 Å². The van der Waals surface area contributed by atoms with Crippen LogP contribution >= 0.6 is 27.5 Å². The van der Waals surface area contributed by atoms with Gasteiger partial charge in [0.05, 0.1) is 21.8 Å². The summed E-state index contributed by atoms with van der Waals surface area (Å²) in [4.78, 5) is 24.4. The quantitative estimate of drug-likeness (QED) is 0.427. The summed E-state index contributed by atoms with van der Waals surface area (Å²) in [7, 11) is 0. The lowest BCUT2D eigenvalue weighted by Crippen LogP contribution is -2.14. The highest BCUT2D eigenvalue weighted by Gasteiger charge is 2.12. The number of nitrogens with one attached hydrogen (secondary N) is 2. The Morgan fingerprint density at radius 1 is 1.07 bits per heavy atom. The maximum atomic E-state index is 12.6. The Kier molecular flexibility index (Phi) is 8.80. The first-order valence-corrected chi connectivity index (χ1v) is 10.4. The monoisotopic (exact) mass is 466 g/mol. The molecule has 0 bridgehead atoms. The number of halogens is 2. The van der Waals surface area contributed by atoms with Crippen molar-refractivity contribution in [3.8, 4) is 5.75 Å². The lowest BCUT2D eigenvalue weighted by atomic mass is 10.2. The summed E-state index contributed by atoms with van der Waals surface area (Å²) in [5.74, 6) is 0.313. The van der Waals surface area contributed by atoms with Gasteiger partial charge in [-0.15, -0.1) is 0 Å². The van der Waals surface area contributed by atoms with Crippen molar-refractivity contribution < 1.29 is 14.3 Å². The van der Waals surface area contributed by atoms with Crippen LogP contribution in [0.2, 0.25) is 5.02 Å². The number of unbranched alkanes of at least 4 members (excludes halogenated alkanes) is 1. The van der Waals surface area contributed by atoms with Gasteiger partial charge < -0.3 is 15.4 Å². The van der Waals surface area contributed by atoms with Crippen molar-refractivity contribution in [3.63, 3.8) is 0 Å². The van der Waals surface area contributed by atoms with Crippen LogP contribution in [0.3, 0.4) is 0 Å². The number of ether oxygens (including phenoxy) is 1. The number of hydrogen-bond donors (Lipinski definition) is 2. The molecule has 0 saturated carbocycles. The van der Waals surface area contributed by atoms with E-state index in [0.29, 0.717) is 45.2 Å². The second-order valence-electron chi connectivity index (χ2n) is 6.29. The van der Waals surface area contributed by atoms with Gasteiger partial charge in [-0.1, -0.05) is 31.9 Å². The highest BCUT2D eigenvalue weighted by molar-refractivity contribution is 9.10. The van der Waals surface area contributed by atoms with Crippen LogP contribution in [0.4, 0.5) is 11.4 Å². The van der Waals surface area contributed by atoms with Gasteiger partial charge in [-0.2, -0.15) is 0 Å². The summed E-state index contributed by atoms with van der Waals surface area (Å²) in [6, 6.07) is 10.1. The summed E-state index contributed by atoms with van der Waals surface area (Å²) < 4.78 is 6.39. The Hall–Kier alpha value is -2.05. The molecule has 2 aromatic rings. The number of carbonyl (C=O) groups is 2. The number of carbonyl (C=O) groups excluding carboxylic acids is 2. The molecule has 0 radical (unpaired) electrons. The summed E-state index contributed by atoms with van der Waals surface area (Å²) >= 11 is 9.64. The maximum absolute atomic E-state index is 12.6. The number of hydrogen-bond acceptors (Lipinski definition) is 3. The minimum atomic E-state index is -0.306. The molecule has 0 saturated heterocycles. The predicted molar refractivity (Wildman–Crippen MR) is 117 cm³/mol. The SMILES string of the molecule is CCCCOc1ccc(C(=O)Nc2cc(NC(=O)CCC)ccc2Cl)cc1Br. The van der Waals surface area contributed by atoms with Gasteiger partial charge in [-0.25, -0.2) is 0 Å². The molecule has 7 heteroatoms. The zero-order valence-corrected chi connectivity index (χ0v) is 18.3. The molecule has 2 aromatic carbocycles. The number of amides is 2. The van der Waals surface area contributed by atoms with Crippen molar-refractivity contribution in [1.29, 1.82) is 0 Å². The van der Waals surface area contributed by atoms with E-state index >= 15 is 0 Å². The minimum absolute atomic E-state index is 0.0790. The molecule has 0 aliphatic rings. The third kappa shape index (κ3) is 6.53. The lowest BCUT2D eigenvalue weighted by molar-refractivity contribution is -0.116. The number of rotatable bonds is 9. The van der Waals surface area contributed by atoms with Gasteiger partial charge in [-0.3, -0.25) is 9.59 Å². The first kappa shape index (κ1) is 22.2. The molecule has 150 valence electrons. The zero-order valence-electron chi connectivity index (χ0n) is 16.0. The third-order valence-electron chi connectivity index (χ3n) is 3.92. The van der Waals surface area contributed by atoms with E-state index in [-0.39, 0.29) is 11.8 Å². The fourth-order valence-electron chi connectivity index (χ4n) is 2.43. The lowest BCUT2D eigenvalue weighted by Gasteiger charge is -2.12. The third-order valence-corrected chi connectivity index (χ3v) is 4.87. The van der Waals surface area contributed by atoms with Crippen molar-refractivity contribution in [2.75, 3.05) is 17.2 Å². The van der Waals surface area contributed by atoms with E-state index in [4.69, 9.17) is 16.3 Å². The van der Waals surface area contributed by atoms with Gasteiger partial charge in [0.25, 0.3) is 5.91 Å². The Morgan fingerprint density at radius 3 is 2.54 bits per heavy atom. The van der Waals surface area contributed by atoms with Crippen LogP contribution in [0, 0.1) is 0 Å². The molecule has 5 nitrogen and oxygen atoms in total. The molecule has 0 fully saturated rings. The molecule has 0 spiro atoms. The Bertz CT molecular complexity index is 842. The van der Waals surface area contributed by atoms with Gasteiger partial charge in [0.1, 0.15) is 5.75 Å². The first-order chi connectivity index (χ1) is 13.4. The van der Waals surface area contributed by atoms with E-state index in [1.165, 1.54) is 0 Å². The molecule has 2 rings (SSSR count). The molecule has 0 atom stereocenters. The number of benzene rings is 2. The topological polar surface area (TPSA) is 67.4 Å². The zero-order chi connectivity index (χ0) is 20.5. The Morgan fingerprint density at radius 2 is 1.86 bits per heavy atom. The highest BCUT2D eigenvalue weighted by Crippen LogP contribution is 2.29. The second-order valence-corrected chi connectivity index (χ2v) is 7.56. The fraction of sp³-hybridized carbons (Fsp3) is 0.333. The molecular formula is C21H24BrClN2O3. The average molecular weight is 468 g/mol. The van der Waals surface area contributed by atoms with Crippen molar-refractivity contribution in [3.05, 3.63) is 51.5 Å². The fourth-order valence-corrected chi connectivity index (χ4v) is 3.09. The summed E-state index contributed by atoms with van der Waals surface area (Å²) in [5.41, 5.74) is 1.48. The molecule has 2 N–H and O–H groups in total. The van der Waals surface area contributed by atoms with Crippen molar-refractivity contribution in [2.24, 2.45) is 0 Å². The Balaban J connectivity index is 2.09. The summed E-state index contributed by atoms with van der Waals surface area (Å²) in [6.07, 6.45) is 3.22. The molecule has 0 aliphatic heterocycles. The molecule has 0 unspecified atom stereocenters. The van der Waals surface area contributed by atoms with E-state index in [1.807, 2.05) is 6.92 Å². The van der Waals surface area contributed by atoms with Gasteiger partial charge in [0.2, 0.25) is 5.91 Å². The van der Waals surface area contributed by atoms with E-state index in [0.717, 1.165) is 19.3 Å². The molecule has 0 aromatic heterocycles. The molecular weight excluding hydrogens is 444 g/mol. The van der Waals surface area contributed by atoms with Crippen LogP contribution < -0.4 is 15.4 Å². The molecule has 0 heterocycles. The molecule has 0 aliphatic carbocycles. The normalized spacial score (nSPS) is 10.4.